The Morgan fingerprint density at radius 1 is 1.32 bits per heavy atom. The molecule has 1 aromatic carbocycles. The zero-order valence-electron chi connectivity index (χ0n) is 14.7. The van der Waals surface area contributed by atoms with E-state index in [1.165, 1.54) is 11.1 Å². The maximum atomic E-state index is 12.4. The average Bonchev–Trinajstić information content (AvgIpc) is 2.59. The quantitative estimate of drug-likeness (QED) is 0.721. The topological polar surface area (TPSA) is 82.0 Å². The molecule has 1 aromatic rings. The molecule has 0 saturated carbocycles. The molecule has 1 heterocycles. The molecular formula is C19H28N2O4. The minimum atomic E-state index is -0.847. The van der Waals surface area contributed by atoms with Crippen LogP contribution in [0.4, 0.5) is 0 Å². The van der Waals surface area contributed by atoms with Crippen molar-refractivity contribution in [2.45, 2.75) is 37.5 Å². The summed E-state index contributed by atoms with van der Waals surface area (Å²) in [7, 11) is 1.85. The number of nitrogens with zero attached hydrogens (tertiary/aromatic N) is 1. The van der Waals surface area contributed by atoms with Crippen molar-refractivity contribution in [3.05, 3.63) is 35.4 Å². The summed E-state index contributed by atoms with van der Waals surface area (Å²) in [5.74, 6) is -0.201. The molecule has 0 aromatic heterocycles. The van der Waals surface area contributed by atoms with Gasteiger partial charge in [-0.1, -0.05) is 24.3 Å². The van der Waals surface area contributed by atoms with Gasteiger partial charge in [0.25, 0.3) is 0 Å². The van der Waals surface area contributed by atoms with Gasteiger partial charge in [0.1, 0.15) is 6.10 Å². The lowest BCUT2D eigenvalue weighted by Gasteiger charge is -2.34. The third-order valence-corrected chi connectivity index (χ3v) is 5.16. The Hall–Kier alpha value is -1.47. The normalized spacial score (nSPS) is 29.3. The molecule has 1 aliphatic carbocycles. The van der Waals surface area contributed by atoms with E-state index in [1.54, 1.807) is 0 Å². The van der Waals surface area contributed by atoms with Crippen molar-refractivity contribution in [3.8, 4) is 0 Å². The Kier molecular flexibility index (Phi) is 6.06. The lowest BCUT2D eigenvalue weighted by molar-refractivity contribution is -0.130. The number of nitrogens with one attached hydrogen (secondary N) is 1. The number of fused-ring (bicyclic) bond motifs is 1. The fraction of sp³-hybridized carbons (Fsp3) is 0.632. The van der Waals surface area contributed by atoms with Gasteiger partial charge in [-0.05, 0) is 37.4 Å². The number of benzene rings is 1. The van der Waals surface area contributed by atoms with Crippen molar-refractivity contribution in [1.82, 2.24) is 10.2 Å². The van der Waals surface area contributed by atoms with E-state index in [2.05, 4.69) is 17.4 Å². The second kappa shape index (κ2) is 8.27. The van der Waals surface area contributed by atoms with Crippen LogP contribution < -0.4 is 5.32 Å². The molecule has 138 valence electrons. The van der Waals surface area contributed by atoms with E-state index in [-0.39, 0.29) is 31.0 Å². The summed E-state index contributed by atoms with van der Waals surface area (Å²) >= 11 is 0. The minimum absolute atomic E-state index is 0.0176. The van der Waals surface area contributed by atoms with E-state index >= 15 is 0 Å². The number of carbonyl (C=O) groups excluding carboxylic acids is 1. The van der Waals surface area contributed by atoms with Crippen LogP contribution in [0.25, 0.3) is 0 Å². The molecule has 6 heteroatoms. The number of hydrogen-bond donors (Lipinski definition) is 3. The van der Waals surface area contributed by atoms with Gasteiger partial charge in [0.05, 0.1) is 31.9 Å². The van der Waals surface area contributed by atoms with E-state index in [0.717, 1.165) is 19.3 Å². The summed E-state index contributed by atoms with van der Waals surface area (Å²) in [6.45, 7) is 1.34. The first-order chi connectivity index (χ1) is 12.0. The van der Waals surface area contributed by atoms with E-state index < -0.39 is 12.2 Å². The van der Waals surface area contributed by atoms with Crippen LogP contribution in [0.5, 0.6) is 0 Å². The van der Waals surface area contributed by atoms with E-state index in [4.69, 9.17) is 4.74 Å². The fourth-order valence-corrected chi connectivity index (χ4v) is 3.87. The third-order valence-electron chi connectivity index (χ3n) is 5.16. The Morgan fingerprint density at radius 2 is 2.12 bits per heavy atom. The second-order valence-corrected chi connectivity index (χ2v) is 7.26. The molecule has 1 unspecified atom stereocenters. The first-order valence-corrected chi connectivity index (χ1v) is 9.04. The van der Waals surface area contributed by atoms with Crippen molar-refractivity contribution < 1.29 is 19.7 Å². The monoisotopic (exact) mass is 348 g/mol. The van der Waals surface area contributed by atoms with Gasteiger partial charge in [-0.3, -0.25) is 9.69 Å². The van der Waals surface area contributed by atoms with Crippen LogP contribution >= 0.6 is 0 Å². The number of carbonyl (C=O) groups is 1. The minimum Gasteiger partial charge on any atom is -0.390 e. The van der Waals surface area contributed by atoms with Gasteiger partial charge in [-0.2, -0.15) is 0 Å². The highest BCUT2D eigenvalue weighted by molar-refractivity contribution is 5.78. The summed E-state index contributed by atoms with van der Waals surface area (Å²) in [5.41, 5.74) is 2.55. The number of aliphatic hydroxyl groups is 2. The summed E-state index contributed by atoms with van der Waals surface area (Å²) in [6, 6.07) is 8.38. The van der Waals surface area contributed by atoms with Crippen LogP contribution in [0.2, 0.25) is 0 Å². The van der Waals surface area contributed by atoms with Gasteiger partial charge in [0.15, 0.2) is 0 Å². The number of rotatable bonds is 5. The number of aliphatic hydroxyl groups excluding tert-OH is 2. The number of aryl methyl sites for hydroxylation is 1. The summed E-state index contributed by atoms with van der Waals surface area (Å²) in [5, 5.41) is 22.9. The number of likely N-dealkylation sites (N-methyl/N-ethyl adjacent to an activating group) is 1. The lowest BCUT2D eigenvalue weighted by Crippen LogP contribution is -2.49. The Morgan fingerprint density at radius 3 is 2.96 bits per heavy atom. The molecule has 4 atom stereocenters. The Balaban J connectivity index is 1.51. The standard InChI is InChI=1S/C19H28N2O4/c1-21(9-14-11-25-12-17(22)19(14)24)10-18(23)20-16-8-4-6-13-5-2-3-7-15(13)16/h2-3,5,7,14,16-17,19,22,24H,4,6,8-12H2,1H3,(H,20,23)/t14-,16?,17-,19+/m1/s1. The van der Waals surface area contributed by atoms with Gasteiger partial charge in [-0.25, -0.2) is 0 Å². The molecule has 1 fully saturated rings. The van der Waals surface area contributed by atoms with Gasteiger partial charge < -0.3 is 20.3 Å². The zero-order valence-corrected chi connectivity index (χ0v) is 14.7. The van der Waals surface area contributed by atoms with Gasteiger partial charge in [-0.15, -0.1) is 0 Å². The predicted octanol–water partition coefficient (Wildman–Crippen LogP) is 0.480. The molecule has 0 radical (unpaired) electrons. The number of ether oxygens (including phenoxy) is 1. The Labute approximate surface area is 148 Å². The average molecular weight is 348 g/mol. The first kappa shape index (κ1) is 18.3. The van der Waals surface area contributed by atoms with Crippen molar-refractivity contribution in [2.24, 2.45) is 5.92 Å². The molecule has 0 spiro atoms. The molecule has 1 amide bonds. The van der Waals surface area contributed by atoms with Crippen molar-refractivity contribution >= 4 is 5.91 Å². The fourth-order valence-electron chi connectivity index (χ4n) is 3.87. The molecule has 6 nitrogen and oxygen atoms in total. The van der Waals surface area contributed by atoms with Crippen LogP contribution in [0, 0.1) is 5.92 Å². The molecule has 3 rings (SSSR count). The van der Waals surface area contributed by atoms with E-state index in [1.807, 2.05) is 24.1 Å². The molecule has 2 aliphatic rings. The Bertz CT molecular complexity index is 595. The number of hydrogen-bond acceptors (Lipinski definition) is 5. The highest BCUT2D eigenvalue weighted by Crippen LogP contribution is 2.29. The van der Waals surface area contributed by atoms with E-state index in [0.29, 0.717) is 13.2 Å². The second-order valence-electron chi connectivity index (χ2n) is 7.26. The third kappa shape index (κ3) is 4.58. The first-order valence-electron chi connectivity index (χ1n) is 9.04. The summed E-state index contributed by atoms with van der Waals surface area (Å²) in [6.07, 6.45) is 1.48. The summed E-state index contributed by atoms with van der Waals surface area (Å²) in [4.78, 5) is 14.3. The predicted molar refractivity (Wildman–Crippen MR) is 94.1 cm³/mol. The van der Waals surface area contributed by atoms with Gasteiger partial charge >= 0.3 is 0 Å². The van der Waals surface area contributed by atoms with Gasteiger partial charge in [0, 0.05) is 12.5 Å². The molecule has 0 bridgehead atoms. The van der Waals surface area contributed by atoms with Crippen LogP contribution in [0.1, 0.15) is 30.0 Å². The molecule has 1 saturated heterocycles. The van der Waals surface area contributed by atoms with Crippen molar-refractivity contribution in [1.29, 1.82) is 0 Å². The maximum Gasteiger partial charge on any atom is 0.234 e. The SMILES string of the molecule is CN(CC(=O)NC1CCCc2ccccc21)C[C@@H]1COC[C@@H](O)[C@H]1O. The summed E-state index contributed by atoms with van der Waals surface area (Å²) < 4.78 is 5.29. The highest BCUT2D eigenvalue weighted by atomic mass is 16.5. The molecule has 1 aliphatic heterocycles. The highest BCUT2D eigenvalue weighted by Gasteiger charge is 2.32. The molecule has 25 heavy (non-hydrogen) atoms. The lowest BCUT2D eigenvalue weighted by atomic mass is 9.88. The van der Waals surface area contributed by atoms with Crippen LogP contribution in [0.15, 0.2) is 24.3 Å². The van der Waals surface area contributed by atoms with Crippen LogP contribution in [-0.4, -0.2) is 66.6 Å². The van der Waals surface area contributed by atoms with Gasteiger partial charge in [0.2, 0.25) is 5.91 Å². The molecule has 3 N–H and O–H groups in total. The van der Waals surface area contributed by atoms with Crippen LogP contribution in [0.3, 0.4) is 0 Å². The maximum absolute atomic E-state index is 12.4. The largest absolute Gasteiger partial charge is 0.390 e. The zero-order chi connectivity index (χ0) is 17.8. The smallest absolute Gasteiger partial charge is 0.234 e. The number of amides is 1. The van der Waals surface area contributed by atoms with Crippen molar-refractivity contribution in [3.63, 3.8) is 0 Å². The van der Waals surface area contributed by atoms with Crippen LogP contribution in [-0.2, 0) is 16.0 Å². The van der Waals surface area contributed by atoms with Crippen molar-refractivity contribution in [2.75, 3.05) is 33.4 Å². The van der Waals surface area contributed by atoms with E-state index in [9.17, 15) is 15.0 Å². The molecular weight excluding hydrogens is 320 g/mol.